The fourth-order valence-corrected chi connectivity index (χ4v) is 2.05. The molecule has 1 aliphatic rings. The highest BCUT2D eigenvalue weighted by Crippen LogP contribution is 2.40. The lowest BCUT2D eigenvalue weighted by molar-refractivity contribution is 0.252. The van der Waals surface area contributed by atoms with Crippen LogP contribution in [0.15, 0.2) is 15.0 Å². The highest BCUT2D eigenvalue weighted by atomic mass is 79.9. The minimum atomic E-state index is 0.142. The lowest BCUT2D eigenvalue weighted by Gasteiger charge is -2.12. The second-order valence-electron chi connectivity index (χ2n) is 3.41. The van der Waals surface area contributed by atoms with E-state index in [0.29, 0.717) is 12.4 Å². The average molecular weight is 338 g/mol. The molecule has 0 aliphatic carbocycles. The number of ether oxygens (including phenoxy) is 2. The Hall–Kier alpha value is -0.260. The van der Waals surface area contributed by atoms with Crippen molar-refractivity contribution in [1.29, 1.82) is 0 Å². The second kappa shape index (κ2) is 4.31. The minimum Gasteiger partial charge on any atom is -0.504 e. The van der Waals surface area contributed by atoms with E-state index in [1.807, 2.05) is 6.92 Å². The molecule has 1 aromatic carbocycles. The molecule has 1 atom stereocenters. The normalized spacial score (nSPS) is 19.0. The molecule has 1 aromatic rings. The topological polar surface area (TPSA) is 42.0 Å². The van der Waals surface area contributed by atoms with E-state index in [1.54, 1.807) is 6.07 Å². The van der Waals surface area contributed by atoms with Crippen molar-refractivity contribution in [2.75, 3.05) is 13.2 Å². The van der Waals surface area contributed by atoms with Gasteiger partial charge in [-0.3, -0.25) is 0 Å². The van der Waals surface area contributed by atoms with E-state index in [0.717, 1.165) is 21.1 Å². The standard InChI is InChI=1S/C10H10Br2O3/c1-5-9(12)7(11)2-8(13)10(5)15-4-6-3-14-6/h2,6,13H,3-4H2,1H3. The summed E-state index contributed by atoms with van der Waals surface area (Å²) in [7, 11) is 0. The van der Waals surface area contributed by atoms with E-state index in [-0.39, 0.29) is 11.9 Å². The number of hydrogen-bond acceptors (Lipinski definition) is 3. The Balaban J connectivity index is 2.23. The summed E-state index contributed by atoms with van der Waals surface area (Å²) in [5.41, 5.74) is 0.877. The molecule has 1 N–H and O–H groups in total. The van der Waals surface area contributed by atoms with E-state index in [9.17, 15) is 5.11 Å². The highest BCUT2D eigenvalue weighted by Gasteiger charge is 2.24. The molecule has 1 aliphatic heterocycles. The van der Waals surface area contributed by atoms with E-state index in [4.69, 9.17) is 9.47 Å². The molecular formula is C10H10Br2O3. The molecule has 1 fully saturated rings. The van der Waals surface area contributed by atoms with Crippen LogP contribution in [0.1, 0.15) is 5.56 Å². The summed E-state index contributed by atoms with van der Waals surface area (Å²) < 4.78 is 12.2. The lowest BCUT2D eigenvalue weighted by Crippen LogP contribution is -2.05. The molecule has 2 rings (SSSR count). The van der Waals surface area contributed by atoms with Gasteiger partial charge in [0.05, 0.1) is 6.61 Å². The Kier molecular flexibility index (Phi) is 3.23. The van der Waals surface area contributed by atoms with Crippen molar-refractivity contribution < 1.29 is 14.6 Å². The summed E-state index contributed by atoms with van der Waals surface area (Å²) in [6, 6.07) is 1.61. The molecular weight excluding hydrogens is 328 g/mol. The van der Waals surface area contributed by atoms with Gasteiger partial charge in [-0.25, -0.2) is 0 Å². The fourth-order valence-electron chi connectivity index (χ4n) is 1.24. The zero-order valence-corrected chi connectivity index (χ0v) is 11.3. The first-order chi connectivity index (χ1) is 7.09. The molecule has 82 valence electrons. The number of epoxide rings is 1. The number of halogens is 2. The molecule has 1 saturated heterocycles. The van der Waals surface area contributed by atoms with Crippen molar-refractivity contribution in [3.05, 3.63) is 20.6 Å². The zero-order chi connectivity index (χ0) is 11.0. The van der Waals surface area contributed by atoms with Crippen LogP contribution in [0.3, 0.4) is 0 Å². The smallest absolute Gasteiger partial charge is 0.165 e. The maximum atomic E-state index is 9.71. The Labute approximate surface area is 105 Å². The minimum absolute atomic E-state index is 0.142. The molecule has 5 heteroatoms. The molecule has 1 unspecified atom stereocenters. The van der Waals surface area contributed by atoms with E-state index in [1.165, 1.54) is 0 Å². The van der Waals surface area contributed by atoms with Crippen LogP contribution in [-0.4, -0.2) is 24.4 Å². The van der Waals surface area contributed by atoms with Gasteiger partial charge in [-0.15, -0.1) is 0 Å². The summed E-state index contributed by atoms with van der Waals surface area (Å²) in [6.07, 6.45) is 0.186. The van der Waals surface area contributed by atoms with Gasteiger partial charge in [-0.2, -0.15) is 0 Å². The predicted molar refractivity (Wildman–Crippen MR) is 63.5 cm³/mol. The van der Waals surface area contributed by atoms with Gasteiger partial charge in [0, 0.05) is 14.5 Å². The maximum absolute atomic E-state index is 9.71. The van der Waals surface area contributed by atoms with Gasteiger partial charge in [-0.05, 0) is 44.8 Å². The third kappa shape index (κ3) is 2.46. The van der Waals surface area contributed by atoms with Gasteiger partial charge in [-0.1, -0.05) is 0 Å². The highest BCUT2D eigenvalue weighted by molar-refractivity contribution is 9.13. The van der Waals surface area contributed by atoms with Gasteiger partial charge >= 0.3 is 0 Å². The summed E-state index contributed by atoms with van der Waals surface area (Å²) in [6.45, 7) is 3.12. The number of aromatic hydroxyl groups is 1. The van der Waals surface area contributed by atoms with Crippen molar-refractivity contribution >= 4 is 31.9 Å². The monoisotopic (exact) mass is 336 g/mol. The molecule has 0 bridgehead atoms. The van der Waals surface area contributed by atoms with Crippen molar-refractivity contribution in [3.8, 4) is 11.5 Å². The number of phenols is 1. The van der Waals surface area contributed by atoms with Crippen molar-refractivity contribution in [2.24, 2.45) is 0 Å². The molecule has 15 heavy (non-hydrogen) atoms. The average Bonchev–Trinajstić information content (AvgIpc) is 2.98. The molecule has 3 nitrogen and oxygen atoms in total. The molecule has 0 spiro atoms. The fraction of sp³-hybridized carbons (Fsp3) is 0.400. The van der Waals surface area contributed by atoms with E-state index < -0.39 is 0 Å². The first-order valence-corrected chi connectivity index (χ1v) is 6.10. The van der Waals surface area contributed by atoms with Gasteiger partial charge in [0.1, 0.15) is 12.7 Å². The number of hydrogen-bond donors (Lipinski definition) is 1. The molecule has 0 saturated carbocycles. The van der Waals surface area contributed by atoms with Crippen LogP contribution in [-0.2, 0) is 4.74 Å². The summed E-state index contributed by atoms with van der Waals surface area (Å²) in [4.78, 5) is 0. The summed E-state index contributed by atoms with van der Waals surface area (Å²) >= 11 is 6.75. The van der Waals surface area contributed by atoms with Crippen molar-refractivity contribution in [3.63, 3.8) is 0 Å². The number of benzene rings is 1. The van der Waals surface area contributed by atoms with Crippen LogP contribution < -0.4 is 4.74 Å². The second-order valence-corrected chi connectivity index (χ2v) is 5.06. The van der Waals surface area contributed by atoms with Gasteiger partial charge in [0.2, 0.25) is 0 Å². The first kappa shape index (κ1) is 11.2. The summed E-state index contributed by atoms with van der Waals surface area (Å²) in [5, 5.41) is 9.71. The Bertz CT molecular complexity index is 389. The van der Waals surface area contributed by atoms with E-state index in [2.05, 4.69) is 31.9 Å². The van der Waals surface area contributed by atoms with Crippen LogP contribution in [0.2, 0.25) is 0 Å². The van der Waals surface area contributed by atoms with Gasteiger partial charge in [0.15, 0.2) is 11.5 Å². The third-order valence-electron chi connectivity index (χ3n) is 2.19. The lowest BCUT2D eigenvalue weighted by atomic mass is 10.2. The molecule has 0 radical (unpaired) electrons. The Morgan fingerprint density at radius 1 is 1.60 bits per heavy atom. The van der Waals surface area contributed by atoms with E-state index >= 15 is 0 Å². The van der Waals surface area contributed by atoms with Gasteiger partial charge < -0.3 is 14.6 Å². The number of phenolic OH excluding ortho intramolecular Hbond substituents is 1. The van der Waals surface area contributed by atoms with Gasteiger partial charge in [0.25, 0.3) is 0 Å². The largest absolute Gasteiger partial charge is 0.504 e. The summed E-state index contributed by atoms with van der Waals surface area (Å²) in [5.74, 6) is 0.656. The van der Waals surface area contributed by atoms with Crippen molar-refractivity contribution in [1.82, 2.24) is 0 Å². The van der Waals surface area contributed by atoms with Crippen LogP contribution in [0, 0.1) is 6.92 Å². The molecule has 0 aromatic heterocycles. The number of rotatable bonds is 3. The quantitative estimate of drug-likeness (QED) is 0.862. The zero-order valence-electron chi connectivity index (χ0n) is 8.09. The van der Waals surface area contributed by atoms with Crippen LogP contribution in [0.25, 0.3) is 0 Å². The van der Waals surface area contributed by atoms with Crippen molar-refractivity contribution in [2.45, 2.75) is 13.0 Å². The molecule has 1 heterocycles. The first-order valence-electron chi connectivity index (χ1n) is 4.51. The Morgan fingerprint density at radius 3 is 2.87 bits per heavy atom. The SMILES string of the molecule is Cc1c(Br)c(Br)cc(O)c1OCC1CO1. The third-order valence-corrected chi connectivity index (χ3v) is 4.37. The molecule has 0 amide bonds. The predicted octanol–water partition coefficient (Wildman–Crippen LogP) is 3.00. The Morgan fingerprint density at radius 2 is 2.27 bits per heavy atom. The van der Waals surface area contributed by atoms with Crippen LogP contribution in [0.5, 0.6) is 11.5 Å². The van der Waals surface area contributed by atoms with Crippen LogP contribution in [0.4, 0.5) is 0 Å². The van der Waals surface area contributed by atoms with Crippen LogP contribution >= 0.6 is 31.9 Å². The maximum Gasteiger partial charge on any atom is 0.165 e.